The first-order valence-corrected chi connectivity index (χ1v) is 6.37. The lowest BCUT2D eigenvalue weighted by Gasteiger charge is -2.32. The van der Waals surface area contributed by atoms with Crippen molar-refractivity contribution in [2.75, 3.05) is 0 Å². The van der Waals surface area contributed by atoms with Gasteiger partial charge in [-0.3, -0.25) is 0 Å². The van der Waals surface area contributed by atoms with E-state index in [4.69, 9.17) is 13.7 Å². The summed E-state index contributed by atoms with van der Waals surface area (Å²) < 4.78 is 17.5. The summed E-state index contributed by atoms with van der Waals surface area (Å²) in [6.45, 7) is 9.90. The van der Waals surface area contributed by atoms with Gasteiger partial charge in [-0.2, -0.15) is 4.98 Å². The van der Waals surface area contributed by atoms with Crippen molar-refractivity contribution < 1.29 is 13.7 Å². The Morgan fingerprint density at radius 2 is 1.74 bits per heavy atom. The molecule has 0 N–H and O–H groups in total. The van der Waals surface area contributed by atoms with Crippen molar-refractivity contribution in [3.05, 3.63) is 18.2 Å². The van der Waals surface area contributed by atoms with E-state index >= 15 is 0 Å². The Balaban J connectivity index is 1.97. The predicted octanol–water partition coefficient (Wildman–Crippen LogP) is 1.83. The number of hydrogen-bond donors (Lipinski definition) is 0. The van der Waals surface area contributed by atoms with Crippen LogP contribution in [0, 0.1) is 6.92 Å². The van der Waals surface area contributed by atoms with Crippen molar-refractivity contribution in [2.24, 2.45) is 0 Å². The molecule has 3 heterocycles. The summed E-state index contributed by atoms with van der Waals surface area (Å²) in [6.07, 6.45) is 1.73. The van der Waals surface area contributed by atoms with Gasteiger partial charge in [0.1, 0.15) is 0 Å². The molecule has 0 saturated carbocycles. The average molecular weight is 260 g/mol. The zero-order chi connectivity index (χ0) is 13.8. The van der Waals surface area contributed by atoms with E-state index < -0.39 is 7.12 Å². The first-order chi connectivity index (χ1) is 8.78. The van der Waals surface area contributed by atoms with Crippen LogP contribution in [0.2, 0.25) is 0 Å². The van der Waals surface area contributed by atoms with Gasteiger partial charge in [0.05, 0.1) is 11.2 Å². The molecule has 2 aromatic heterocycles. The molecule has 0 aromatic carbocycles. The van der Waals surface area contributed by atoms with Gasteiger partial charge in [-0.1, -0.05) is 0 Å². The summed E-state index contributed by atoms with van der Waals surface area (Å²) in [5.41, 5.74) is 1.40. The molecule has 0 aliphatic carbocycles. The summed E-state index contributed by atoms with van der Waals surface area (Å²) in [4.78, 5) is 8.46. The van der Waals surface area contributed by atoms with Gasteiger partial charge in [0.25, 0.3) is 0 Å². The highest BCUT2D eigenvalue weighted by Gasteiger charge is 2.51. The summed E-state index contributed by atoms with van der Waals surface area (Å²) >= 11 is 0. The molecule has 19 heavy (non-hydrogen) atoms. The molecule has 3 rings (SSSR count). The molecule has 100 valence electrons. The maximum atomic E-state index is 5.98. The van der Waals surface area contributed by atoms with Gasteiger partial charge in [-0.15, -0.1) is 0 Å². The molecule has 0 atom stereocenters. The third-order valence-corrected chi connectivity index (χ3v) is 3.90. The van der Waals surface area contributed by atoms with Crippen LogP contribution in [0.15, 0.2) is 16.7 Å². The van der Waals surface area contributed by atoms with Gasteiger partial charge < -0.3 is 13.7 Å². The Morgan fingerprint density at radius 3 is 2.37 bits per heavy atom. The maximum absolute atomic E-state index is 5.98. The average Bonchev–Trinajstić information content (AvgIpc) is 2.74. The number of aromatic nitrogens is 2. The molecular weight excluding hydrogens is 243 g/mol. The second kappa shape index (κ2) is 3.80. The van der Waals surface area contributed by atoms with Crippen LogP contribution in [0.4, 0.5) is 0 Å². The van der Waals surface area contributed by atoms with E-state index in [2.05, 4.69) is 9.97 Å². The molecule has 0 bridgehead atoms. The zero-order valence-electron chi connectivity index (χ0n) is 11.9. The number of aryl methyl sites for hydroxylation is 1. The minimum Gasteiger partial charge on any atom is -0.439 e. The van der Waals surface area contributed by atoms with Crippen LogP contribution in [0.1, 0.15) is 33.6 Å². The highest BCUT2D eigenvalue weighted by molar-refractivity contribution is 6.62. The first-order valence-electron chi connectivity index (χ1n) is 6.37. The Hall–Kier alpha value is -1.40. The van der Waals surface area contributed by atoms with E-state index in [9.17, 15) is 0 Å². The van der Waals surface area contributed by atoms with E-state index in [1.165, 1.54) is 0 Å². The molecular formula is C13H17BN2O3. The second-order valence-corrected chi connectivity index (χ2v) is 5.91. The van der Waals surface area contributed by atoms with Crippen LogP contribution in [0.5, 0.6) is 0 Å². The smallest absolute Gasteiger partial charge is 0.439 e. The second-order valence-electron chi connectivity index (χ2n) is 5.91. The van der Waals surface area contributed by atoms with Gasteiger partial charge in [0.2, 0.25) is 0 Å². The van der Waals surface area contributed by atoms with E-state index in [0.717, 1.165) is 5.46 Å². The topological polar surface area (TPSA) is 57.4 Å². The zero-order valence-corrected chi connectivity index (χ0v) is 11.9. The van der Waals surface area contributed by atoms with Gasteiger partial charge in [-0.25, -0.2) is 4.98 Å². The summed E-state index contributed by atoms with van der Waals surface area (Å²) in [6, 6.07) is 1.88. The molecule has 0 radical (unpaired) electrons. The fourth-order valence-electron chi connectivity index (χ4n) is 2.05. The van der Waals surface area contributed by atoms with Crippen molar-refractivity contribution in [3.63, 3.8) is 0 Å². The van der Waals surface area contributed by atoms with E-state index in [-0.39, 0.29) is 11.2 Å². The Bertz CT molecular complexity index is 620. The Labute approximate surface area is 112 Å². The monoisotopic (exact) mass is 260 g/mol. The van der Waals surface area contributed by atoms with Crippen LogP contribution in [0.3, 0.4) is 0 Å². The normalized spacial score (nSPS) is 21.2. The van der Waals surface area contributed by atoms with Crippen molar-refractivity contribution in [1.29, 1.82) is 0 Å². The first kappa shape index (κ1) is 12.6. The molecule has 2 aromatic rings. The predicted molar refractivity (Wildman–Crippen MR) is 72.3 cm³/mol. The molecule has 6 heteroatoms. The van der Waals surface area contributed by atoms with Crippen LogP contribution in [-0.2, 0) is 9.31 Å². The number of oxazole rings is 1. The van der Waals surface area contributed by atoms with Crippen molar-refractivity contribution in [3.8, 4) is 0 Å². The van der Waals surface area contributed by atoms with Crippen LogP contribution >= 0.6 is 0 Å². The lowest BCUT2D eigenvalue weighted by Crippen LogP contribution is -2.41. The van der Waals surface area contributed by atoms with Gasteiger partial charge in [0.15, 0.2) is 17.1 Å². The summed E-state index contributed by atoms with van der Waals surface area (Å²) in [5, 5.41) is 0. The molecule has 1 aliphatic rings. The molecule has 5 nitrogen and oxygen atoms in total. The number of pyridine rings is 1. The van der Waals surface area contributed by atoms with Gasteiger partial charge in [-0.05, 0) is 33.8 Å². The highest BCUT2D eigenvalue weighted by atomic mass is 16.7. The lowest BCUT2D eigenvalue weighted by atomic mass is 9.80. The minimum absolute atomic E-state index is 0.357. The quantitative estimate of drug-likeness (QED) is 0.732. The summed E-state index contributed by atoms with van der Waals surface area (Å²) in [7, 11) is -0.424. The fourth-order valence-corrected chi connectivity index (χ4v) is 2.05. The lowest BCUT2D eigenvalue weighted by molar-refractivity contribution is 0.00578. The van der Waals surface area contributed by atoms with Crippen molar-refractivity contribution in [2.45, 2.75) is 45.8 Å². The number of rotatable bonds is 1. The standard InChI is InChI=1S/C13H17BN2O3/c1-8-16-11-10(17-8)6-9(7-15-11)14-18-12(2,3)13(4,5)19-14/h6-7H,1-5H3. The summed E-state index contributed by atoms with van der Waals surface area (Å²) in [5.74, 6) is 0.605. The highest BCUT2D eigenvalue weighted by Crippen LogP contribution is 2.36. The van der Waals surface area contributed by atoms with Crippen molar-refractivity contribution >= 4 is 23.8 Å². The van der Waals surface area contributed by atoms with E-state index in [0.29, 0.717) is 17.1 Å². The van der Waals surface area contributed by atoms with Crippen LogP contribution in [0.25, 0.3) is 11.2 Å². The molecule has 1 saturated heterocycles. The van der Waals surface area contributed by atoms with Crippen LogP contribution < -0.4 is 5.46 Å². The van der Waals surface area contributed by atoms with Gasteiger partial charge >= 0.3 is 7.12 Å². The Morgan fingerprint density at radius 1 is 1.11 bits per heavy atom. The largest absolute Gasteiger partial charge is 0.496 e. The van der Waals surface area contributed by atoms with Crippen molar-refractivity contribution in [1.82, 2.24) is 9.97 Å². The third-order valence-electron chi connectivity index (χ3n) is 3.90. The minimum atomic E-state index is -0.424. The Kier molecular flexibility index (Phi) is 2.53. The van der Waals surface area contributed by atoms with E-state index in [1.54, 1.807) is 13.1 Å². The SMILES string of the molecule is Cc1nc2ncc(B3OC(C)(C)C(C)(C)O3)cc2o1. The number of hydrogen-bond acceptors (Lipinski definition) is 5. The molecule has 1 fully saturated rings. The molecule has 0 spiro atoms. The van der Waals surface area contributed by atoms with Gasteiger partial charge in [0, 0.05) is 18.6 Å². The molecule has 0 amide bonds. The molecule has 0 unspecified atom stereocenters. The number of nitrogens with zero attached hydrogens (tertiary/aromatic N) is 2. The fraction of sp³-hybridized carbons (Fsp3) is 0.538. The maximum Gasteiger partial charge on any atom is 0.496 e. The molecule has 1 aliphatic heterocycles. The number of fused-ring (bicyclic) bond motifs is 1. The third kappa shape index (κ3) is 1.95. The van der Waals surface area contributed by atoms with E-state index in [1.807, 2.05) is 33.8 Å². The van der Waals surface area contributed by atoms with Crippen LogP contribution in [-0.4, -0.2) is 28.3 Å².